The van der Waals surface area contributed by atoms with Gasteiger partial charge in [0.15, 0.2) is 0 Å². The minimum atomic E-state index is -0.278. The lowest BCUT2D eigenvalue weighted by molar-refractivity contribution is -0.141. The lowest BCUT2D eigenvalue weighted by Crippen LogP contribution is -2.31. The molecule has 1 aromatic heterocycles. The van der Waals surface area contributed by atoms with E-state index in [0.29, 0.717) is 18.5 Å². The van der Waals surface area contributed by atoms with Crippen molar-refractivity contribution in [3.63, 3.8) is 0 Å². The monoisotopic (exact) mass is 519 g/mol. The van der Waals surface area contributed by atoms with Gasteiger partial charge in [0.25, 0.3) is 0 Å². The molecule has 1 aliphatic carbocycles. The number of hydrogen-bond acceptors (Lipinski definition) is 6. The van der Waals surface area contributed by atoms with Crippen LogP contribution in [-0.2, 0) is 4.79 Å². The molecule has 0 radical (unpaired) electrons. The van der Waals surface area contributed by atoms with E-state index in [0.717, 1.165) is 50.0 Å². The van der Waals surface area contributed by atoms with Crippen LogP contribution in [0.2, 0.25) is 0 Å². The Labute approximate surface area is 229 Å². The van der Waals surface area contributed by atoms with E-state index in [4.69, 9.17) is 9.47 Å². The van der Waals surface area contributed by atoms with Crippen LogP contribution in [0.25, 0.3) is 11.3 Å². The van der Waals surface area contributed by atoms with Gasteiger partial charge in [-0.05, 0) is 68.9 Å². The fraction of sp³-hybridized carbons (Fsp3) is 0.625. The zero-order valence-electron chi connectivity index (χ0n) is 23.4. The van der Waals surface area contributed by atoms with Crippen molar-refractivity contribution in [1.82, 2.24) is 10.2 Å². The molecule has 206 valence electrons. The zero-order valence-corrected chi connectivity index (χ0v) is 23.4. The summed E-state index contributed by atoms with van der Waals surface area (Å²) in [4.78, 5) is 12.8. The Bertz CT molecular complexity index is 990. The summed E-state index contributed by atoms with van der Waals surface area (Å²) in [6.45, 7) is 5.17. The van der Waals surface area contributed by atoms with Crippen LogP contribution in [-0.4, -0.2) is 22.8 Å². The van der Waals surface area contributed by atoms with Crippen LogP contribution in [0.4, 0.5) is 0 Å². The third-order valence-electron chi connectivity index (χ3n) is 7.78. The maximum absolute atomic E-state index is 12.8. The van der Waals surface area contributed by atoms with Crippen molar-refractivity contribution in [3.8, 4) is 29.0 Å². The van der Waals surface area contributed by atoms with Gasteiger partial charge in [0.2, 0.25) is 5.88 Å². The van der Waals surface area contributed by atoms with Crippen molar-refractivity contribution in [2.45, 2.75) is 110 Å². The summed E-state index contributed by atoms with van der Waals surface area (Å²) in [5, 5.41) is 18.2. The van der Waals surface area contributed by atoms with Crippen molar-refractivity contribution in [1.29, 1.82) is 5.26 Å². The Hall–Kier alpha value is -2.94. The molecule has 1 heterocycles. The molecule has 1 aliphatic rings. The molecule has 0 saturated heterocycles. The van der Waals surface area contributed by atoms with Crippen molar-refractivity contribution in [3.05, 3.63) is 36.4 Å². The number of esters is 1. The SMILES string of the molecule is CCCCCCCOc1ccc(-c2ccc(OC(=O)[C@H]3CC[C@@](C#N)(CCCCCCC)CC3)nn2)cc1. The van der Waals surface area contributed by atoms with Crippen LogP contribution >= 0.6 is 0 Å². The summed E-state index contributed by atoms with van der Waals surface area (Å²) in [5.41, 5.74) is 1.37. The number of benzene rings is 1. The zero-order chi connectivity index (χ0) is 27.1. The fourth-order valence-corrected chi connectivity index (χ4v) is 5.22. The summed E-state index contributed by atoms with van der Waals surface area (Å²) < 4.78 is 11.4. The van der Waals surface area contributed by atoms with Crippen LogP contribution in [0, 0.1) is 22.7 Å². The highest BCUT2D eigenvalue weighted by Gasteiger charge is 2.38. The highest BCUT2D eigenvalue weighted by Crippen LogP contribution is 2.42. The normalized spacial score (nSPS) is 19.0. The highest BCUT2D eigenvalue weighted by atomic mass is 16.5. The molecule has 3 rings (SSSR count). The van der Waals surface area contributed by atoms with Crippen LogP contribution in [0.15, 0.2) is 36.4 Å². The molecular weight excluding hydrogens is 474 g/mol. The summed E-state index contributed by atoms with van der Waals surface area (Å²) in [6, 6.07) is 13.9. The molecule has 6 heteroatoms. The highest BCUT2D eigenvalue weighted by molar-refractivity contribution is 5.75. The number of hydrogen-bond donors (Lipinski definition) is 0. The third-order valence-corrected chi connectivity index (χ3v) is 7.78. The summed E-state index contributed by atoms with van der Waals surface area (Å²) in [5.74, 6) is 0.622. The Morgan fingerprint density at radius 3 is 2.16 bits per heavy atom. The van der Waals surface area contributed by atoms with E-state index in [-0.39, 0.29) is 23.2 Å². The van der Waals surface area contributed by atoms with Crippen molar-refractivity contribution >= 4 is 5.97 Å². The topological polar surface area (TPSA) is 85.1 Å². The Morgan fingerprint density at radius 1 is 0.895 bits per heavy atom. The van der Waals surface area contributed by atoms with E-state index >= 15 is 0 Å². The third kappa shape index (κ3) is 9.42. The average molecular weight is 520 g/mol. The Balaban J connectivity index is 1.42. The van der Waals surface area contributed by atoms with Crippen molar-refractivity contribution in [2.75, 3.05) is 6.61 Å². The van der Waals surface area contributed by atoms with Crippen LogP contribution in [0.1, 0.15) is 110 Å². The maximum atomic E-state index is 12.8. The second-order valence-corrected chi connectivity index (χ2v) is 10.8. The predicted octanol–water partition coefficient (Wildman–Crippen LogP) is 8.46. The van der Waals surface area contributed by atoms with Gasteiger partial charge in [-0.2, -0.15) is 5.26 Å². The van der Waals surface area contributed by atoms with Gasteiger partial charge in [-0.1, -0.05) is 71.6 Å². The molecule has 38 heavy (non-hydrogen) atoms. The fourth-order valence-electron chi connectivity index (χ4n) is 5.22. The van der Waals surface area contributed by atoms with Crippen LogP contribution < -0.4 is 9.47 Å². The molecule has 0 bridgehead atoms. The number of ether oxygens (including phenoxy) is 2. The first-order valence-electron chi connectivity index (χ1n) is 14.8. The van der Waals surface area contributed by atoms with E-state index in [1.54, 1.807) is 6.07 Å². The van der Waals surface area contributed by atoms with E-state index in [2.05, 4.69) is 30.1 Å². The second-order valence-electron chi connectivity index (χ2n) is 10.8. The molecule has 1 aromatic carbocycles. The van der Waals surface area contributed by atoms with Crippen LogP contribution in [0.5, 0.6) is 11.6 Å². The van der Waals surface area contributed by atoms with Gasteiger partial charge in [0, 0.05) is 11.6 Å². The smallest absolute Gasteiger partial charge is 0.315 e. The number of carbonyl (C=O) groups is 1. The summed E-state index contributed by atoms with van der Waals surface area (Å²) in [7, 11) is 0. The molecule has 0 aliphatic heterocycles. The maximum Gasteiger partial charge on any atom is 0.315 e. The molecular formula is C32H45N3O3. The predicted molar refractivity (Wildman–Crippen MR) is 151 cm³/mol. The van der Waals surface area contributed by atoms with Gasteiger partial charge in [-0.25, -0.2) is 0 Å². The van der Waals surface area contributed by atoms with E-state index in [1.165, 1.54) is 51.4 Å². The second kappa shape index (κ2) is 16.1. The number of aromatic nitrogens is 2. The minimum absolute atomic E-state index is 0.183. The van der Waals surface area contributed by atoms with Gasteiger partial charge >= 0.3 is 5.97 Å². The average Bonchev–Trinajstić information content (AvgIpc) is 2.96. The number of unbranched alkanes of at least 4 members (excludes halogenated alkanes) is 8. The molecule has 1 saturated carbocycles. The van der Waals surface area contributed by atoms with Gasteiger partial charge in [-0.15, -0.1) is 10.2 Å². The molecule has 0 spiro atoms. The molecule has 0 atom stereocenters. The molecule has 6 nitrogen and oxygen atoms in total. The van der Waals surface area contributed by atoms with Crippen LogP contribution in [0.3, 0.4) is 0 Å². The molecule has 0 unspecified atom stereocenters. The molecule has 0 N–H and O–H groups in total. The van der Waals surface area contributed by atoms with Gasteiger partial charge in [-0.3, -0.25) is 4.79 Å². The van der Waals surface area contributed by atoms with Gasteiger partial charge in [0.05, 0.1) is 29.7 Å². The lowest BCUT2D eigenvalue weighted by atomic mass is 9.69. The summed E-state index contributed by atoms with van der Waals surface area (Å²) >= 11 is 0. The molecule has 0 amide bonds. The van der Waals surface area contributed by atoms with E-state index in [9.17, 15) is 10.1 Å². The Kier molecular flexibility index (Phi) is 12.6. The first kappa shape index (κ1) is 29.6. The molecule has 2 aromatic rings. The first-order chi connectivity index (χ1) is 18.6. The van der Waals surface area contributed by atoms with Gasteiger partial charge < -0.3 is 9.47 Å². The largest absolute Gasteiger partial charge is 0.494 e. The Morgan fingerprint density at radius 2 is 1.55 bits per heavy atom. The quantitative estimate of drug-likeness (QED) is 0.163. The van der Waals surface area contributed by atoms with E-state index < -0.39 is 0 Å². The van der Waals surface area contributed by atoms with Crippen molar-refractivity contribution < 1.29 is 14.3 Å². The summed E-state index contributed by atoms with van der Waals surface area (Å²) in [6.07, 6.45) is 16.0. The standard InChI is InChI=1S/C32H45N3O3/c1-3-5-7-9-11-21-32(25-33)22-19-27(20-23-32)31(36)38-30-18-17-29(34-35-30)26-13-15-28(16-14-26)37-24-12-10-8-6-4-2/h13-18,27H,3-12,19-24H2,1-2H3/t27-,32-. The lowest BCUT2D eigenvalue weighted by Gasteiger charge is -2.34. The van der Waals surface area contributed by atoms with E-state index in [1.807, 2.05) is 30.3 Å². The number of carbonyl (C=O) groups excluding carboxylic acids is 1. The first-order valence-corrected chi connectivity index (χ1v) is 14.8. The minimum Gasteiger partial charge on any atom is -0.494 e. The number of nitriles is 1. The van der Waals surface area contributed by atoms with Crippen molar-refractivity contribution in [2.24, 2.45) is 11.3 Å². The number of rotatable bonds is 16. The van der Waals surface area contributed by atoms with Gasteiger partial charge in [0.1, 0.15) is 5.75 Å². The molecule has 1 fully saturated rings. The number of nitrogens with zero attached hydrogens (tertiary/aromatic N) is 3.